The van der Waals surface area contributed by atoms with Gasteiger partial charge >= 0.3 is 0 Å². The van der Waals surface area contributed by atoms with Gasteiger partial charge in [-0.1, -0.05) is 0 Å². The van der Waals surface area contributed by atoms with Crippen molar-refractivity contribution < 1.29 is 28.6 Å². The lowest BCUT2D eigenvalue weighted by Gasteiger charge is -2.23. The fourth-order valence-electron chi connectivity index (χ4n) is 4.11. The number of benzene rings is 1. The summed E-state index contributed by atoms with van der Waals surface area (Å²) in [5.74, 6) is 0.320. The van der Waals surface area contributed by atoms with Crippen LogP contribution in [0.1, 0.15) is 42.0 Å². The van der Waals surface area contributed by atoms with E-state index in [4.69, 9.17) is 13.9 Å². The summed E-state index contributed by atoms with van der Waals surface area (Å²) >= 11 is 0. The first-order valence-corrected chi connectivity index (χ1v) is 10.0. The van der Waals surface area contributed by atoms with Crippen LogP contribution in [0.2, 0.25) is 0 Å². The summed E-state index contributed by atoms with van der Waals surface area (Å²) in [5.41, 5.74) is 1.49. The highest BCUT2D eigenvalue weighted by atomic mass is 16.5. The summed E-state index contributed by atoms with van der Waals surface area (Å²) < 4.78 is 16.6. The van der Waals surface area contributed by atoms with E-state index in [1.807, 2.05) is 13.0 Å². The zero-order valence-electron chi connectivity index (χ0n) is 17.3. The lowest BCUT2D eigenvalue weighted by atomic mass is 9.97. The molecular weight excluding hydrogens is 386 g/mol. The molecule has 1 fully saturated rings. The Labute approximate surface area is 174 Å². The summed E-state index contributed by atoms with van der Waals surface area (Å²) in [6.45, 7) is 4.54. The molecular formula is C23H25NO6. The van der Waals surface area contributed by atoms with Gasteiger partial charge in [-0.05, 0) is 56.2 Å². The van der Waals surface area contributed by atoms with Crippen molar-refractivity contribution in [2.75, 3.05) is 20.3 Å². The minimum Gasteiger partial charge on any atom is -0.507 e. The largest absolute Gasteiger partial charge is 0.507 e. The van der Waals surface area contributed by atoms with Crippen LogP contribution in [-0.2, 0) is 20.7 Å². The minimum atomic E-state index is -0.779. The Bertz CT molecular complexity index is 1020. The highest BCUT2D eigenvalue weighted by Crippen LogP contribution is 2.41. The third kappa shape index (κ3) is 3.50. The number of hydrogen-bond acceptors (Lipinski definition) is 6. The van der Waals surface area contributed by atoms with Gasteiger partial charge < -0.3 is 23.9 Å². The molecule has 1 aromatic carbocycles. The maximum Gasteiger partial charge on any atom is 0.295 e. The smallest absolute Gasteiger partial charge is 0.295 e. The molecule has 1 amide bonds. The Morgan fingerprint density at radius 2 is 2.07 bits per heavy atom. The van der Waals surface area contributed by atoms with Crippen molar-refractivity contribution in [1.29, 1.82) is 0 Å². The SMILES string of the molecule is COCCCN1C(=O)C(=O)/C(=C(/O)c2ccc3c(c2)C[C@H](C)O3)[C@H]1c1ccc(C)o1. The molecule has 0 radical (unpaired) electrons. The van der Waals surface area contributed by atoms with Crippen LogP contribution in [0.25, 0.3) is 5.76 Å². The molecule has 158 valence electrons. The van der Waals surface area contributed by atoms with Crippen molar-refractivity contribution in [2.24, 2.45) is 0 Å². The molecule has 0 aliphatic carbocycles. The lowest BCUT2D eigenvalue weighted by molar-refractivity contribution is -0.140. The van der Waals surface area contributed by atoms with Crippen molar-refractivity contribution in [2.45, 2.75) is 38.8 Å². The summed E-state index contributed by atoms with van der Waals surface area (Å²) in [6.07, 6.45) is 1.35. The number of amides is 1. The molecule has 2 aliphatic heterocycles. The Hall–Kier alpha value is -3.06. The van der Waals surface area contributed by atoms with Gasteiger partial charge in [0, 0.05) is 32.2 Å². The second kappa shape index (κ2) is 7.99. The molecule has 1 saturated heterocycles. The van der Waals surface area contributed by atoms with Crippen molar-refractivity contribution in [3.8, 4) is 5.75 Å². The molecule has 0 bridgehead atoms. The summed E-state index contributed by atoms with van der Waals surface area (Å²) in [7, 11) is 1.58. The number of aryl methyl sites for hydroxylation is 1. The van der Waals surface area contributed by atoms with Crippen LogP contribution in [-0.4, -0.2) is 48.1 Å². The number of ether oxygens (including phenoxy) is 2. The molecule has 4 rings (SSSR count). The predicted octanol–water partition coefficient (Wildman–Crippen LogP) is 3.37. The Balaban J connectivity index is 1.78. The fourth-order valence-corrected chi connectivity index (χ4v) is 4.11. The number of carbonyl (C=O) groups excluding carboxylic acids is 2. The number of carbonyl (C=O) groups is 2. The predicted molar refractivity (Wildman–Crippen MR) is 109 cm³/mol. The Kier molecular flexibility index (Phi) is 5.39. The number of aliphatic hydroxyl groups excluding tert-OH is 1. The van der Waals surface area contributed by atoms with Gasteiger partial charge in [0.05, 0.1) is 5.57 Å². The summed E-state index contributed by atoms with van der Waals surface area (Å²) in [4.78, 5) is 27.2. The van der Waals surface area contributed by atoms with E-state index < -0.39 is 17.7 Å². The van der Waals surface area contributed by atoms with Gasteiger partial charge in [0.15, 0.2) is 0 Å². The number of fused-ring (bicyclic) bond motifs is 1. The van der Waals surface area contributed by atoms with E-state index in [1.165, 1.54) is 4.90 Å². The molecule has 2 aromatic rings. The molecule has 3 heterocycles. The van der Waals surface area contributed by atoms with E-state index in [9.17, 15) is 14.7 Å². The normalized spacial score (nSPS) is 22.4. The van der Waals surface area contributed by atoms with Gasteiger partial charge in [0.1, 0.15) is 35.2 Å². The fraction of sp³-hybridized carbons (Fsp3) is 0.391. The monoisotopic (exact) mass is 411 g/mol. The van der Waals surface area contributed by atoms with Crippen LogP contribution in [0.15, 0.2) is 40.3 Å². The van der Waals surface area contributed by atoms with Crippen molar-refractivity contribution in [3.63, 3.8) is 0 Å². The molecule has 30 heavy (non-hydrogen) atoms. The maximum atomic E-state index is 12.9. The number of rotatable bonds is 6. The van der Waals surface area contributed by atoms with Gasteiger partial charge in [-0.15, -0.1) is 0 Å². The number of hydrogen-bond donors (Lipinski definition) is 1. The minimum absolute atomic E-state index is 0.0404. The third-order valence-electron chi connectivity index (χ3n) is 5.49. The first-order valence-electron chi connectivity index (χ1n) is 10.0. The van der Waals surface area contributed by atoms with E-state index in [2.05, 4.69) is 0 Å². The maximum absolute atomic E-state index is 12.9. The molecule has 7 nitrogen and oxygen atoms in total. The topological polar surface area (TPSA) is 89.2 Å². The van der Waals surface area contributed by atoms with Gasteiger partial charge in [-0.25, -0.2) is 0 Å². The number of likely N-dealkylation sites (tertiary alicyclic amines) is 1. The second-order valence-corrected chi connectivity index (χ2v) is 7.74. The lowest BCUT2D eigenvalue weighted by Crippen LogP contribution is -2.31. The molecule has 0 spiro atoms. The number of ketones is 1. The Morgan fingerprint density at radius 3 is 2.77 bits per heavy atom. The van der Waals surface area contributed by atoms with Crippen LogP contribution in [0.5, 0.6) is 5.75 Å². The number of furan rings is 1. The molecule has 1 aromatic heterocycles. The van der Waals surface area contributed by atoms with E-state index >= 15 is 0 Å². The van der Waals surface area contributed by atoms with Gasteiger partial charge in [0.2, 0.25) is 0 Å². The quantitative estimate of drug-likeness (QED) is 0.339. The highest BCUT2D eigenvalue weighted by Gasteiger charge is 2.47. The molecule has 2 atom stereocenters. The second-order valence-electron chi connectivity index (χ2n) is 7.74. The average Bonchev–Trinajstić information content (AvgIpc) is 3.38. The van der Waals surface area contributed by atoms with Crippen LogP contribution >= 0.6 is 0 Å². The number of aliphatic hydroxyl groups is 1. The molecule has 1 N–H and O–H groups in total. The first kappa shape index (κ1) is 20.2. The van der Waals surface area contributed by atoms with E-state index in [1.54, 1.807) is 38.3 Å². The zero-order valence-corrected chi connectivity index (χ0v) is 17.3. The number of nitrogens with zero attached hydrogens (tertiary/aromatic N) is 1. The van der Waals surface area contributed by atoms with Gasteiger partial charge in [-0.2, -0.15) is 0 Å². The van der Waals surface area contributed by atoms with Gasteiger partial charge in [-0.3, -0.25) is 9.59 Å². The van der Waals surface area contributed by atoms with E-state index in [0.29, 0.717) is 36.7 Å². The highest BCUT2D eigenvalue weighted by molar-refractivity contribution is 6.46. The van der Waals surface area contributed by atoms with Crippen molar-refractivity contribution in [1.82, 2.24) is 4.90 Å². The average molecular weight is 411 g/mol. The molecule has 0 unspecified atom stereocenters. The first-order chi connectivity index (χ1) is 14.4. The van der Waals surface area contributed by atoms with Crippen LogP contribution < -0.4 is 4.74 Å². The van der Waals surface area contributed by atoms with Crippen LogP contribution in [0.3, 0.4) is 0 Å². The van der Waals surface area contributed by atoms with Crippen LogP contribution in [0.4, 0.5) is 0 Å². The number of methoxy groups -OCH3 is 1. The molecule has 7 heteroatoms. The Morgan fingerprint density at radius 1 is 1.27 bits per heavy atom. The van der Waals surface area contributed by atoms with Gasteiger partial charge in [0.25, 0.3) is 11.7 Å². The number of Topliss-reactive ketones (excluding diaryl/α,β-unsaturated/α-hetero) is 1. The van der Waals surface area contributed by atoms with Crippen LogP contribution in [0, 0.1) is 6.92 Å². The molecule has 0 saturated carbocycles. The van der Waals surface area contributed by atoms with E-state index in [0.717, 1.165) is 17.7 Å². The summed E-state index contributed by atoms with van der Waals surface area (Å²) in [5, 5.41) is 11.1. The van der Waals surface area contributed by atoms with Crippen molar-refractivity contribution in [3.05, 3.63) is 58.6 Å². The summed E-state index contributed by atoms with van der Waals surface area (Å²) in [6, 6.07) is 8.04. The van der Waals surface area contributed by atoms with Crippen molar-refractivity contribution >= 4 is 17.4 Å². The molecule has 2 aliphatic rings. The zero-order chi connectivity index (χ0) is 21.4. The third-order valence-corrected chi connectivity index (χ3v) is 5.49. The standard InChI is InChI=1S/C23H25NO6/c1-13-5-7-18(29-13)20-19(22(26)23(27)24(20)9-4-10-28-3)21(25)15-6-8-17-16(12-15)11-14(2)30-17/h5-8,12,14,20,25H,4,9-11H2,1-3H3/b21-19+/t14-,20+/m0/s1. The van der Waals surface area contributed by atoms with E-state index in [-0.39, 0.29) is 17.4 Å².